The molecule has 1 aliphatic heterocycles. The summed E-state index contributed by atoms with van der Waals surface area (Å²) in [7, 11) is 0. The highest BCUT2D eigenvalue weighted by Gasteiger charge is 2.20. The highest BCUT2D eigenvalue weighted by atomic mass is 16.6. The van der Waals surface area contributed by atoms with Crippen LogP contribution >= 0.6 is 0 Å². The Bertz CT molecular complexity index is 822. The Hall–Kier alpha value is -2.82. The Morgan fingerprint density at radius 1 is 1.12 bits per heavy atom. The van der Waals surface area contributed by atoms with Crippen LogP contribution in [0.3, 0.4) is 0 Å². The first-order valence-corrected chi connectivity index (χ1v) is 8.34. The van der Waals surface area contributed by atoms with E-state index in [1.807, 2.05) is 24.3 Å². The molecule has 130 valence electrons. The van der Waals surface area contributed by atoms with Crippen molar-refractivity contribution in [3.63, 3.8) is 0 Å². The molecule has 0 saturated carbocycles. The molecule has 2 N–H and O–H groups in total. The predicted octanol–water partition coefficient (Wildman–Crippen LogP) is 4.48. The van der Waals surface area contributed by atoms with Gasteiger partial charge in [0.25, 0.3) is 0 Å². The van der Waals surface area contributed by atoms with Crippen molar-refractivity contribution in [2.24, 2.45) is 0 Å². The molecule has 0 fully saturated rings. The number of hydrogen-bond acceptors (Lipinski definition) is 3. The standard InChI is InChI=1S/C20H22N2O3/c1-20(2,3)15-6-4-5-7-17(15)22-19(24)25-14-9-10-16-13(12-14)8-11-18(23)21-16/h4-7,9-10,12H,8,11H2,1-3H3,(H,21,23)(H,22,24). The van der Waals surface area contributed by atoms with Gasteiger partial charge in [-0.1, -0.05) is 39.0 Å². The van der Waals surface area contributed by atoms with Gasteiger partial charge in [0.2, 0.25) is 5.91 Å². The summed E-state index contributed by atoms with van der Waals surface area (Å²) in [6.45, 7) is 6.28. The molecule has 0 unspecified atom stereocenters. The minimum absolute atomic E-state index is 0.0118. The highest BCUT2D eigenvalue weighted by Crippen LogP contribution is 2.30. The lowest BCUT2D eigenvalue weighted by atomic mass is 9.86. The van der Waals surface area contributed by atoms with Crippen molar-refractivity contribution in [3.05, 3.63) is 53.6 Å². The van der Waals surface area contributed by atoms with Crippen LogP contribution in [0.2, 0.25) is 0 Å². The number of fused-ring (bicyclic) bond motifs is 1. The van der Waals surface area contributed by atoms with Gasteiger partial charge in [-0.05, 0) is 47.2 Å². The number of rotatable bonds is 2. The lowest BCUT2D eigenvalue weighted by molar-refractivity contribution is -0.116. The molecule has 2 aromatic rings. The third-order valence-electron chi connectivity index (χ3n) is 4.15. The molecule has 0 atom stereocenters. The Balaban J connectivity index is 1.73. The van der Waals surface area contributed by atoms with Gasteiger partial charge in [-0.25, -0.2) is 4.79 Å². The maximum Gasteiger partial charge on any atom is 0.417 e. The van der Waals surface area contributed by atoms with Crippen molar-refractivity contribution < 1.29 is 14.3 Å². The third-order valence-corrected chi connectivity index (χ3v) is 4.15. The van der Waals surface area contributed by atoms with Gasteiger partial charge in [0.05, 0.1) is 0 Å². The molecule has 3 rings (SSSR count). The first-order valence-electron chi connectivity index (χ1n) is 8.34. The Morgan fingerprint density at radius 3 is 2.64 bits per heavy atom. The molecule has 5 heteroatoms. The van der Waals surface area contributed by atoms with Crippen LogP contribution in [0.5, 0.6) is 5.75 Å². The van der Waals surface area contributed by atoms with Gasteiger partial charge in [-0.15, -0.1) is 0 Å². The van der Waals surface area contributed by atoms with Crippen molar-refractivity contribution in [3.8, 4) is 5.75 Å². The summed E-state index contributed by atoms with van der Waals surface area (Å²) in [6, 6.07) is 12.9. The third kappa shape index (κ3) is 3.99. The second-order valence-electron chi connectivity index (χ2n) is 7.18. The van der Waals surface area contributed by atoms with E-state index in [0.29, 0.717) is 18.6 Å². The van der Waals surface area contributed by atoms with Crippen LogP contribution in [-0.4, -0.2) is 12.0 Å². The van der Waals surface area contributed by atoms with Crippen molar-refractivity contribution in [2.45, 2.75) is 39.0 Å². The molecule has 0 aromatic heterocycles. The van der Waals surface area contributed by atoms with Gasteiger partial charge >= 0.3 is 6.09 Å². The Kier molecular flexibility index (Phi) is 4.49. The van der Waals surface area contributed by atoms with Crippen LogP contribution in [0.4, 0.5) is 16.2 Å². The molecular formula is C20H22N2O3. The van der Waals surface area contributed by atoms with Gasteiger partial charge in [-0.2, -0.15) is 0 Å². The molecule has 0 bridgehead atoms. The topological polar surface area (TPSA) is 67.4 Å². The normalized spacial score (nSPS) is 13.6. The van der Waals surface area contributed by atoms with E-state index in [4.69, 9.17) is 4.74 Å². The van der Waals surface area contributed by atoms with Crippen LogP contribution in [0, 0.1) is 0 Å². The summed E-state index contributed by atoms with van der Waals surface area (Å²) in [5.74, 6) is 0.471. The van der Waals surface area contributed by atoms with E-state index in [9.17, 15) is 9.59 Å². The zero-order valence-corrected chi connectivity index (χ0v) is 14.7. The second-order valence-corrected chi connectivity index (χ2v) is 7.18. The molecular weight excluding hydrogens is 316 g/mol. The maximum atomic E-state index is 12.3. The summed E-state index contributed by atoms with van der Waals surface area (Å²) in [5, 5.41) is 5.63. The number of hydrogen-bond donors (Lipinski definition) is 2. The zero-order chi connectivity index (χ0) is 18.0. The van der Waals surface area contributed by atoms with Gasteiger partial charge in [0.15, 0.2) is 0 Å². The number of nitrogens with one attached hydrogen (secondary N) is 2. The Morgan fingerprint density at radius 2 is 1.88 bits per heavy atom. The van der Waals surface area contributed by atoms with E-state index in [2.05, 4.69) is 31.4 Å². The van der Waals surface area contributed by atoms with Crippen LogP contribution in [0.25, 0.3) is 0 Å². The quantitative estimate of drug-likeness (QED) is 0.848. The summed E-state index contributed by atoms with van der Waals surface area (Å²) in [6.07, 6.45) is 0.561. The van der Waals surface area contributed by atoms with E-state index < -0.39 is 6.09 Å². The van der Waals surface area contributed by atoms with Crippen molar-refractivity contribution in [2.75, 3.05) is 10.6 Å². The average molecular weight is 338 g/mol. The molecule has 1 aliphatic rings. The minimum atomic E-state index is -0.531. The van der Waals surface area contributed by atoms with Gasteiger partial charge in [0.1, 0.15) is 5.75 Å². The van der Waals surface area contributed by atoms with E-state index in [1.54, 1.807) is 18.2 Å². The zero-order valence-electron chi connectivity index (χ0n) is 14.7. The van der Waals surface area contributed by atoms with E-state index in [0.717, 1.165) is 22.5 Å². The molecule has 5 nitrogen and oxygen atoms in total. The first kappa shape index (κ1) is 17.0. The summed E-state index contributed by atoms with van der Waals surface area (Å²) in [4.78, 5) is 23.7. The van der Waals surface area contributed by atoms with Gasteiger partial charge in [0, 0.05) is 17.8 Å². The number of carbonyl (C=O) groups excluding carboxylic acids is 2. The molecule has 25 heavy (non-hydrogen) atoms. The fourth-order valence-corrected chi connectivity index (χ4v) is 2.91. The average Bonchev–Trinajstić information content (AvgIpc) is 2.54. The molecule has 0 spiro atoms. The number of benzene rings is 2. The number of amides is 2. The lowest BCUT2D eigenvalue weighted by Crippen LogP contribution is -2.22. The predicted molar refractivity (Wildman–Crippen MR) is 98.2 cm³/mol. The van der Waals surface area contributed by atoms with E-state index in [1.165, 1.54) is 0 Å². The van der Waals surface area contributed by atoms with Crippen LogP contribution in [-0.2, 0) is 16.6 Å². The van der Waals surface area contributed by atoms with Crippen LogP contribution in [0.1, 0.15) is 38.3 Å². The monoisotopic (exact) mass is 338 g/mol. The lowest BCUT2D eigenvalue weighted by Gasteiger charge is -2.23. The van der Waals surface area contributed by atoms with Crippen molar-refractivity contribution in [1.29, 1.82) is 0 Å². The molecule has 0 radical (unpaired) electrons. The fourth-order valence-electron chi connectivity index (χ4n) is 2.91. The summed E-state index contributed by atoms with van der Waals surface area (Å²) >= 11 is 0. The first-order chi connectivity index (χ1) is 11.8. The maximum absolute atomic E-state index is 12.3. The highest BCUT2D eigenvalue weighted by molar-refractivity contribution is 5.94. The molecule has 2 amide bonds. The van der Waals surface area contributed by atoms with E-state index in [-0.39, 0.29) is 11.3 Å². The number of anilines is 2. The largest absolute Gasteiger partial charge is 0.417 e. The number of carbonyl (C=O) groups is 2. The Labute approximate surface area is 147 Å². The minimum Gasteiger partial charge on any atom is -0.410 e. The molecule has 0 saturated heterocycles. The van der Waals surface area contributed by atoms with Crippen LogP contribution in [0.15, 0.2) is 42.5 Å². The van der Waals surface area contributed by atoms with Crippen molar-refractivity contribution >= 4 is 23.4 Å². The number of aryl methyl sites for hydroxylation is 1. The number of para-hydroxylation sites is 1. The van der Waals surface area contributed by atoms with Crippen molar-refractivity contribution in [1.82, 2.24) is 0 Å². The fraction of sp³-hybridized carbons (Fsp3) is 0.300. The number of ether oxygens (including phenoxy) is 1. The summed E-state index contributed by atoms with van der Waals surface area (Å²) in [5.41, 5.74) is 3.45. The smallest absolute Gasteiger partial charge is 0.410 e. The molecule has 0 aliphatic carbocycles. The van der Waals surface area contributed by atoms with E-state index >= 15 is 0 Å². The molecule has 1 heterocycles. The van der Waals surface area contributed by atoms with Crippen LogP contribution < -0.4 is 15.4 Å². The molecule has 2 aromatic carbocycles. The summed E-state index contributed by atoms with van der Waals surface area (Å²) < 4.78 is 5.42. The second kappa shape index (κ2) is 6.59. The SMILES string of the molecule is CC(C)(C)c1ccccc1NC(=O)Oc1ccc2c(c1)CCC(=O)N2. The van der Waals surface area contributed by atoms with Gasteiger partial charge in [-0.3, -0.25) is 10.1 Å². The van der Waals surface area contributed by atoms with Gasteiger partial charge < -0.3 is 10.1 Å².